The van der Waals surface area contributed by atoms with E-state index in [-0.39, 0.29) is 21.3 Å². The molecule has 0 amide bonds. The van der Waals surface area contributed by atoms with Crippen LogP contribution in [0.4, 0.5) is 5.69 Å². The van der Waals surface area contributed by atoms with Crippen molar-refractivity contribution in [1.82, 2.24) is 0 Å². The predicted molar refractivity (Wildman–Crippen MR) is 67.8 cm³/mol. The summed E-state index contributed by atoms with van der Waals surface area (Å²) < 4.78 is 9.30. The molecule has 1 aromatic carbocycles. The normalized spacial score (nSPS) is 11.8. The summed E-state index contributed by atoms with van der Waals surface area (Å²) in [5.41, 5.74) is 5.82. The second-order valence-corrected chi connectivity index (χ2v) is 4.22. The summed E-state index contributed by atoms with van der Waals surface area (Å²) in [5, 5.41) is 0.295. The Morgan fingerprint density at radius 3 is 2.44 bits per heavy atom. The number of esters is 2. The van der Waals surface area contributed by atoms with Gasteiger partial charge in [-0.25, -0.2) is 9.59 Å². The monoisotopic (exact) mass is 291 g/mol. The first kappa shape index (κ1) is 14.6. The number of hydrogen-bond acceptors (Lipinski definition) is 5. The van der Waals surface area contributed by atoms with E-state index in [1.807, 2.05) is 0 Å². The lowest BCUT2D eigenvalue weighted by Gasteiger charge is -2.11. The van der Waals surface area contributed by atoms with Gasteiger partial charge >= 0.3 is 11.9 Å². The lowest BCUT2D eigenvalue weighted by molar-refractivity contribution is -0.149. The molecule has 1 atom stereocenters. The number of nitrogen functional groups attached to an aromatic ring is 1. The minimum absolute atomic E-state index is 0.109. The Morgan fingerprint density at radius 1 is 1.33 bits per heavy atom. The molecule has 0 heterocycles. The number of carbonyl (C=O) groups excluding carboxylic acids is 2. The molecule has 0 saturated carbocycles. The lowest BCUT2D eigenvalue weighted by Crippen LogP contribution is -2.25. The molecule has 0 bridgehead atoms. The van der Waals surface area contributed by atoms with Gasteiger partial charge in [0, 0.05) is 0 Å². The summed E-state index contributed by atoms with van der Waals surface area (Å²) in [7, 11) is 1.20. The zero-order chi connectivity index (χ0) is 13.9. The van der Waals surface area contributed by atoms with Gasteiger partial charge in [-0.15, -0.1) is 0 Å². The third-order valence-corrected chi connectivity index (χ3v) is 2.93. The van der Waals surface area contributed by atoms with Gasteiger partial charge in [-0.2, -0.15) is 0 Å². The molecule has 7 heteroatoms. The summed E-state index contributed by atoms with van der Waals surface area (Å²) in [6.45, 7) is 1.39. The van der Waals surface area contributed by atoms with Crippen molar-refractivity contribution < 1.29 is 19.1 Å². The zero-order valence-electron chi connectivity index (χ0n) is 9.70. The van der Waals surface area contributed by atoms with Crippen LogP contribution in [-0.4, -0.2) is 25.2 Å². The van der Waals surface area contributed by atoms with Crippen LogP contribution in [0.15, 0.2) is 12.1 Å². The average Bonchev–Trinajstić information content (AvgIpc) is 2.33. The zero-order valence-corrected chi connectivity index (χ0v) is 11.2. The van der Waals surface area contributed by atoms with E-state index in [9.17, 15) is 9.59 Å². The molecule has 0 radical (unpaired) electrons. The number of methoxy groups -OCH3 is 1. The Kier molecular flexibility index (Phi) is 4.81. The molecule has 0 spiro atoms. The first-order valence-electron chi connectivity index (χ1n) is 4.90. The maximum absolute atomic E-state index is 11.7. The maximum Gasteiger partial charge on any atom is 0.346 e. The summed E-state index contributed by atoms with van der Waals surface area (Å²) >= 11 is 11.5. The number of hydrogen-bond donors (Lipinski definition) is 1. The highest BCUT2D eigenvalue weighted by atomic mass is 35.5. The van der Waals surface area contributed by atoms with E-state index in [0.717, 1.165) is 0 Å². The largest absolute Gasteiger partial charge is 0.466 e. The highest BCUT2D eigenvalue weighted by molar-refractivity contribution is 6.43. The first-order chi connectivity index (χ1) is 8.36. The highest BCUT2D eigenvalue weighted by Crippen LogP contribution is 2.29. The van der Waals surface area contributed by atoms with E-state index in [0.29, 0.717) is 0 Å². The lowest BCUT2D eigenvalue weighted by atomic mass is 10.2. The number of nitrogens with two attached hydrogens (primary N) is 1. The summed E-state index contributed by atoms with van der Waals surface area (Å²) in [6, 6.07) is 2.63. The molecular formula is C11H11Cl2NO4. The van der Waals surface area contributed by atoms with Gasteiger partial charge in [0.15, 0.2) is 6.10 Å². The molecule has 0 aliphatic heterocycles. The van der Waals surface area contributed by atoms with E-state index < -0.39 is 18.0 Å². The van der Waals surface area contributed by atoms with E-state index in [1.165, 1.54) is 26.2 Å². The number of benzene rings is 1. The molecule has 98 valence electrons. The van der Waals surface area contributed by atoms with E-state index >= 15 is 0 Å². The molecule has 2 N–H and O–H groups in total. The SMILES string of the molecule is COC(=O)C(C)OC(=O)c1cc(N)c(Cl)c(Cl)c1. The fraction of sp³-hybridized carbons (Fsp3) is 0.273. The van der Waals surface area contributed by atoms with Gasteiger partial charge in [0.1, 0.15) is 0 Å². The number of halogens is 2. The Balaban J connectivity index is 2.89. The second kappa shape index (κ2) is 5.93. The predicted octanol–water partition coefficient (Wildman–Crippen LogP) is 2.29. The standard InChI is InChI=1S/C11H11Cl2NO4/c1-5(10(15)17-2)18-11(16)6-3-7(12)9(13)8(14)4-6/h3-5H,14H2,1-2H3. The van der Waals surface area contributed by atoms with Crippen LogP contribution >= 0.6 is 23.2 Å². The minimum atomic E-state index is -1.02. The molecule has 1 unspecified atom stereocenters. The van der Waals surface area contributed by atoms with E-state index in [1.54, 1.807) is 0 Å². The molecular weight excluding hydrogens is 281 g/mol. The van der Waals surface area contributed by atoms with Crippen LogP contribution in [-0.2, 0) is 14.3 Å². The van der Waals surface area contributed by atoms with Crippen molar-refractivity contribution in [2.75, 3.05) is 12.8 Å². The van der Waals surface area contributed by atoms with Crippen molar-refractivity contribution in [3.05, 3.63) is 27.7 Å². The Labute approximate surface area is 114 Å². The molecule has 0 aliphatic rings. The van der Waals surface area contributed by atoms with Gasteiger partial charge in [0.25, 0.3) is 0 Å². The molecule has 0 fully saturated rings. The quantitative estimate of drug-likeness (QED) is 0.683. The minimum Gasteiger partial charge on any atom is -0.466 e. The summed E-state index contributed by atoms with van der Waals surface area (Å²) in [6.07, 6.45) is -1.02. The maximum atomic E-state index is 11.7. The van der Waals surface area contributed by atoms with Crippen molar-refractivity contribution in [2.45, 2.75) is 13.0 Å². The van der Waals surface area contributed by atoms with Crippen molar-refractivity contribution in [3.8, 4) is 0 Å². The highest BCUT2D eigenvalue weighted by Gasteiger charge is 2.20. The Bertz CT molecular complexity index is 467. The Hall–Kier alpha value is -1.46. The van der Waals surface area contributed by atoms with Crippen LogP contribution in [0, 0.1) is 0 Å². The average molecular weight is 292 g/mol. The molecule has 1 rings (SSSR count). The second-order valence-electron chi connectivity index (χ2n) is 3.43. The number of rotatable bonds is 3. The van der Waals surface area contributed by atoms with Gasteiger partial charge in [0.05, 0.1) is 28.4 Å². The first-order valence-corrected chi connectivity index (χ1v) is 5.65. The smallest absolute Gasteiger partial charge is 0.346 e. The van der Waals surface area contributed by atoms with Crippen LogP contribution < -0.4 is 5.73 Å². The molecule has 1 aromatic rings. The van der Waals surface area contributed by atoms with E-state index in [4.69, 9.17) is 33.7 Å². The van der Waals surface area contributed by atoms with Gasteiger partial charge in [0.2, 0.25) is 0 Å². The van der Waals surface area contributed by atoms with Crippen LogP contribution in [0.2, 0.25) is 10.0 Å². The van der Waals surface area contributed by atoms with Gasteiger partial charge in [-0.05, 0) is 19.1 Å². The van der Waals surface area contributed by atoms with Crippen LogP contribution in [0.3, 0.4) is 0 Å². The molecule has 18 heavy (non-hydrogen) atoms. The van der Waals surface area contributed by atoms with Crippen LogP contribution in [0.5, 0.6) is 0 Å². The van der Waals surface area contributed by atoms with E-state index in [2.05, 4.69) is 4.74 Å². The third-order valence-electron chi connectivity index (χ3n) is 2.11. The van der Waals surface area contributed by atoms with Gasteiger partial charge < -0.3 is 15.2 Å². The summed E-state index contributed by atoms with van der Waals surface area (Å²) in [5.74, 6) is -1.39. The van der Waals surface area contributed by atoms with Crippen LogP contribution in [0.1, 0.15) is 17.3 Å². The third kappa shape index (κ3) is 3.27. The molecule has 0 aromatic heterocycles. The number of carbonyl (C=O) groups is 2. The van der Waals surface area contributed by atoms with Crippen molar-refractivity contribution in [1.29, 1.82) is 0 Å². The van der Waals surface area contributed by atoms with Crippen LogP contribution in [0.25, 0.3) is 0 Å². The number of anilines is 1. The molecule has 5 nitrogen and oxygen atoms in total. The van der Waals surface area contributed by atoms with Crippen molar-refractivity contribution >= 4 is 40.8 Å². The fourth-order valence-electron chi connectivity index (χ4n) is 1.17. The molecule has 0 aliphatic carbocycles. The topological polar surface area (TPSA) is 78.6 Å². The van der Waals surface area contributed by atoms with Crippen molar-refractivity contribution in [3.63, 3.8) is 0 Å². The fourth-order valence-corrected chi connectivity index (χ4v) is 1.51. The number of ether oxygens (including phenoxy) is 2. The molecule has 0 saturated heterocycles. The summed E-state index contributed by atoms with van der Waals surface area (Å²) in [4.78, 5) is 22.8. The van der Waals surface area contributed by atoms with Crippen molar-refractivity contribution in [2.24, 2.45) is 0 Å². The Morgan fingerprint density at radius 2 is 1.94 bits per heavy atom. The van der Waals surface area contributed by atoms with Gasteiger partial charge in [-0.3, -0.25) is 0 Å². The van der Waals surface area contributed by atoms with Gasteiger partial charge in [-0.1, -0.05) is 23.2 Å².